The number of halogens is 1. The Balaban J connectivity index is 1.41. The van der Waals surface area contributed by atoms with Gasteiger partial charge < -0.3 is 19.7 Å². The third kappa shape index (κ3) is 6.74. The second-order valence-electron chi connectivity index (χ2n) is 8.36. The topological polar surface area (TPSA) is 71.1 Å². The van der Waals surface area contributed by atoms with Crippen molar-refractivity contribution < 1.29 is 19.1 Å². The number of anilines is 1. The molecule has 8 heteroatoms. The number of nitrogens with one attached hydrogen (secondary N) is 1. The van der Waals surface area contributed by atoms with Crippen LogP contribution in [0.5, 0.6) is 5.75 Å². The normalized spacial score (nSPS) is 20.4. The van der Waals surface area contributed by atoms with Crippen LogP contribution in [0, 0.1) is 5.92 Å². The summed E-state index contributed by atoms with van der Waals surface area (Å²) in [5.41, 5.74) is 0.689. The molecular formula is C23H34ClN3O4. The number of carbonyl (C=O) groups excluding carboxylic acids is 2. The third-order valence-electron chi connectivity index (χ3n) is 6.27. The lowest BCUT2D eigenvalue weighted by Gasteiger charge is -2.42. The van der Waals surface area contributed by atoms with Crippen LogP contribution in [0.25, 0.3) is 0 Å². The Morgan fingerprint density at radius 2 is 1.97 bits per heavy atom. The van der Waals surface area contributed by atoms with E-state index in [4.69, 9.17) is 21.1 Å². The van der Waals surface area contributed by atoms with Crippen molar-refractivity contribution in [3.8, 4) is 5.75 Å². The van der Waals surface area contributed by atoms with Gasteiger partial charge in [-0.2, -0.15) is 0 Å². The van der Waals surface area contributed by atoms with Gasteiger partial charge in [0.2, 0.25) is 5.91 Å². The van der Waals surface area contributed by atoms with Gasteiger partial charge in [0.15, 0.2) is 0 Å². The van der Waals surface area contributed by atoms with Gasteiger partial charge in [-0.15, -0.1) is 0 Å². The van der Waals surface area contributed by atoms with Crippen LogP contribution < -0.4 is 10.1 Å². The van der Waals surface area contributed by atoms with E-state index in [0.29, 0.717) is 41.4 Å². The average Bonchev–Trinajstić information content (AvgIpc) is 2.78. The highest BCUT2D eigenvalue weighted by atomic mass is 35.5. The standard InChI is InChI=1S/C23H34ClN3O4/c1-3-31-23(29)26-13-10-19(11-14-26)27-12-4-5-17(16-27)6-9-22(28)25-18-7-8-21(30-2)20(24)15-18/h7-8,15,17,19H,3-6,9-14,16H2,1-2H3,(H,25,28). The van der Waals surface area contributed by atoms with Crippen molar-refractivity contribution in [2.45, 2.75) is 51.5 Å². The number of amides is 2. The number of methoxy groups -OCH3 is 1. The van der Waals surface area contributed by atoms with Gasteiger partial charge in [-0.25, -0.2) is 4.79 Å². The van der Waals surface area contributed by atoms with Crippen molar-refractivity contribution in [3.05, 3.63) is 23.2 Å². The molecule has 0 aliphatic carbocycles. The Hall–Kier alpha value is -1.99. The summed E-state index contributed by atoms with van der Waals surface area (Å²) in [7, 11) is 1.57. The Bertz CT molecular complexity index is 752. The number of benzene rings is 1. The lowest BCUT2D eigenvalue weighted by molar-refractivity contribution is -0.116. The molecule has 1 N–H and O–H groups in total. The fraction of sp³-hybridized carbons (Fsp3) is 0.652. The fourth-order valence-corrected chi connectivity index (χ4v) is 4.85. The molecule has 0 aromatic heterocycles. The highest BCUT2D eigenvalue weighted by Gasteiger charge is 2.30. The molecule has 31 heavy (non-hydrogen) atoms. The van der Waals surface area contributed by atoms with E-state index in [1.807, 2.05) is 11.8 Å². The molecule has 0 spiro atoms. The molecule has 7 nitrogen and oxygen atoms in total. The van der Waals surface area contributed by atoms with Crippen molar-refractivity contribution in [1.82, 2.24) is 9.80 Å². The Morgan fingerprint density at radius 1 is 1.19 bits per heavy atom. The molecule has 0 radical (unpaired) electrons. The highest BCUT2D eigenvalue weighted by molar-refractivity contribution is 6.32. The van der Waals surface area contributed by atoms with E-state index in [9.17, 15) is 9.59 Å². The van der Waals surface area contributed by atoms with Gasteiger partial charge in [0.05, 0.1) is 18.7 Å². The molecule has 2 saturated heterocycles. The maximum atomic E-state index is 12.4. The van der Waals surface area contributed by atoms with Crippen molar-refractivity contribution in [2.24, 2.45) is 5.92 Å². The zero-order valence-electron chi connectivity index (χ0n) is 18.6. The minimum absolute atomic E-state index is 0.0149. The minimum atomic E-state index is -0.193. The summed E-state index contributed by atoms with van der Waals surface area (Å²) in [6.45, 7) is 5.93. The number of hydrogen-bond donors (Lipinski definition) is 1. The van der Waals surface area contributed by atoms with Gasteiger partial charge in [0.25, 0.3) is 0 Å². The molecule has 0 saturated carbocycles. The number of hydrogen-bond acceptors (Lipinski definition) is 5. The van der Waals surface area contributed by atoms with Crippen molar-refractivity contribution >= 4 is 29.3 Å². The van der Waals surface area contributed by atoms with Crippen LogP contribution in [0.1, 0.15) is 45.4 Å². The molecule has 0 bridgehead atoms. The number of nitrogens with zero attached hydrogens (tertiary/aromatic N) is 2. The first-order chi connectivity index (χ1) is 15.0. The van der Waals surface area contributed by atoms with Crippen LogP contribution in [0.15, 0.2) is 18.2 Å². The number of piperidine rings is 2. The summed E-state index contributed by atoms with van der Waals surface area (Å²) < 4.78 is 10.3. The van der Waals surface area contributed by atoms with Crippen LogP contribution in [-0.4, -0.2) is 67.7 Å². The first-order valence-corrected chi connectivity index (χ1v) is 11.7. The van der Waals surface area contributed by atoms with Gasteiger partial charge >= 0.3 is 6.09 Å². The third-order valence-corrected chi connectivity index (χ3v) is 6.57. The summed E-state index contributed by atoms with van der Waals surface area (Å²) in [5.74, 6) is 1.14. The minimum Gasteiger partial charge on any atom is -0.495 e. The second kappa shape index (κ2) is 11.6. The molecule has 2 heterocycles. The maximum Gasteiger partial charge on any atom is 0.409 e. The van der Waals surface area contributed by atoms with Crippen LogP contribution >= 0.6 is 11.6 Å². The zero-order valence-corrected chi connectivity index (χ0v) is 19.3. The summed E-state index contributed by atoms with van der Waals surface area (Å²) in [4.78, 5) is 28.7. The molecule has 1 aromatic carbocycles. The van der Waals surface area contributed by atoms with Crippen molar-refractivity contribution in [1.29, 1.82) is 0 Å². The van der Waals surface area contributed by atoms with E-state index in [-0.39, 0.29) is 12.0 Å². The number of ether oxygens (including phenoxy) is 2. The molecule has 1 unspecified atom stereocenters. The summed E-state index contributed by atoms with van der Waals surface area (Å²) in [6.07, 6.45) is 5.51. The summed E-state index contributed by atoms with van der Waals surface area (Å²) in [5, 5.41) is 3.42. The fourth-order valence-electron chi connectivity index (χ4n) is 4.60. The van der Waals surface area contributed by atoms with Crippen LogP contribution in [0.3, 0.4) is 0 Å². The predicted molar refractivity (Wildman–Crippen MR) is 122 cm³/mol. The van der Waals surface area contributed by atoms with Crippen LogP contribution in [0.2, 0.25) is 5.02 Å². The molecule has 2 aliphatic rings. The average molecular weight is 452 g/mol. The van der Waals surface area contributed by atoms with Crippen molar-refractivity contribution in [3.63, 3.8) is 0 Å². The molecule has 3 rings (SSSR count). The monoisotopic (exact) mass is 451 g/mol. The smallest absolute Gasteiger partial charge is 0.409 e. The lowest BCUT2D eigenvalue weighted by atomic mass is 9.90. The van der Waals surface area contributed by atoms with Crippen LogP contribution in [0.4, 0.5) is 10.5 Å². The Labute approximate surface area is 190 Å². The van der Waals surface area contributed by atoms with E-state index in [1.165, 1.54) is 12.8 Å². The predicted octanol–water partition coefficient (Wildman–Crippen LogP) is 4.40. The number of carbonyl (C=O) groups is 2. The quantitative estimate of drug-likeness (QED) is 0.665. The Kier molecular flexibility index (Phi) is 8.84. The summed E-state index contributed by atoms with van der Waals surface area (Å²) in [6, 6.07) is 5.78. The largest absolute Gasteiger partial charge is 0.495 e. The molecule has 2 fully saturated rings. The maximum absolute atomic E-state index is 12.4. The van der Waals surface area contributed by atoms with E-state index >= 15 is 0 Å². The van der Waals surface area contributed by atoms with E-state index in [2.05, 4.69) is 10.2 Å². The second-order valence-corrected chi connectivity index (χ2v) is 8.76. The molecular weight excluding hydrogens is 418 g/mol. The molecule has 172 valence electrons. The molecule has 2 aliphatic heterocycles. The summed E-state index contributed by atoms with van der Waals surface area (Å²) >= 11 is 6.13. The lowest BCUT2D eigenvalue weighted by Crippen LogP contribution is -2.49. The van der Waals surface area contributed by atoms with Crippen LogP contribution in [-0.2, 0) is 9.53 Å². The molecule has 1 atom stereocenters. The first kappa shape index (κ1) is 23.7. The number of rotatable bonds is 7. The first-order valence-electron chi connectivity index (χ1n) is 11.3. The van der Waals surface area contributed by atoms with Gasteiger partial charge in [-0.05, 0) is 69.7 Å². The molecule has 2 amide bonds. The van der Waals surface area contributed by atoms with E-state index in [0.717, 1.165) is 45.4 Å². The van der Waals surface area contributed by atoms with Gasteiger partial charge in [-0.1, -0.05) is 11.6 Å². The SMILES string of the molecule is CCOC(=O)N1CCC(N2CCCC(CCC(=O)Nc3ccc(OC)c(Cl)c3)C2)CC1. The van der Waals surface area contributed by atoms with Gasteiger partial charge in [0, 0.05) is 37.8 Å². The van der Waals surface area contributed by atoms with Gasteiger partial charge in [0.1, 0.15) is 5.75 Å². The molecule has 1 aromatic rings. The highest BCUT2D eigenvalue weighted by Crippen LogP contribution is 2.28. The van der Waals surface area contributed by atoms with Crippen molar-refractivity contribution in [2.75, 3.05) is 45.2 Å². The Morgan fingerprint density at radius 3 is 2.65 bits per heavy atom. The van der Waals surface area contributed by atoms with Gasteiger partial charge in [-0.3, -0.25) is 9.69 Å². The number of likely N-dealkylation sites (tertiary alicyclic amines) is 2. The van der Waals surface area contributed by atoms with E-state index in [1.54, 1.807) is 25.3 Å². The van der Waals surface area contributed by atoms with E-state index < -0.39 is 0 Å². The zero-order chi connectivity index (χ0) is 22.2.